The highest BCUT2D eigenvalue weighted by molar-refractivity contribution is 4.95. The van der Waals surface area contributed by atoms with E-state index in [1.165, 1.54) is 58.2 Å². The number of rotatable bonds is 5. The first-order chi connectivity index (χ1) is 8.19. The van der Waals surface area contributed by atoms with Gasteiger partial charge in [-0.25, -0.2) is 0 Å². The smallest absolute Gasteiger partial charge is 0.0304 e. The van der Waals surface area contributed by atoms with Crippen molar-refractivity contribution in [2.24, 2.45) is 5.92 Å². The summed E-state index contributed by atoms with van der Waals surface area (Å²) in [6.45, 7) is 10.8. The maximum absolute atomic E-state index is 3.79. The van der Waals surface area contributed by atoms with E-state index in [1.807, 2.05) is 0 Å². The molecule has 1 aliphatic heterocycles. The van der Waals surface area contributed by atoms with Gasteiger partial charge in [0.25, 0.3) is 0 Å². The largest absolute Gasteiger partial charge is 0.308 e. The van der Waals surface area contributed by atoms with Gasteiger partial charge in [-0.05, 0) is 38.6 Å². The summed E-state index contributed by atoms with van der Waals surface area (Å²) in [5.74, 6) is 1.05. The summed E-state index contributed by atoms with van der Waals surface area (Å²) in [4.78, 5) is 2.74. The molecule has 1 atom stereocenters. The van der Waals surface area contributed by atoms with Gasteiger partial charge in [0.2, 0.25) is 0 Å². The fourth-order valence-electron chi connectivity index (χ4n) is 3.25. The van der Waals surface area contributed by atoms with Crippen molar-refractivity contribution in [3.05, 3.63) is 0 Å². The molecule has 1 heterocycles. The molecular weight excluding hydrogens is 208 g/mol. The molecule has 1 saturated carbocycles. The number of hydrogen-bond donors (Lipinski definition) is 1. The third kappa shape index (κ3) is 3.03. The highest BCUT2D eigenvalue weighted by Crippen LogP contribution is 2.30. The average molecular weight is 238 g/mol. The van der Waals surface area contributed by atoms with E-state index in [9.17, 15) is 0 Å². The second kappa shape index (κ2) is 5.71. The topological polar surface area (TPSA) is 15.3 Å². The molecule has 1 aliphatic carbocycles. The van der Waals surface area contributed by atoms with Crippen molar-refractivity contribution in [2.45, 2.75) is 70.9 Å². The Morgan fingerprint density at radius 1 is 1.24 bits per heavy atom. The van der Waals surface area contributed by atoms with Gasteiger partial charge in [0.05, 0.1) is 0 Å². The van der Waals surface area contributed by atoms with E-state index < -0.39 is 0 Å². The molecule has 1 saturated heterocycles. The molecule has 0 bridgehead atoms. The van der Waals surface area contributed by atoms with Crippen LogP contribution in [-0.2, 0) is 0 Å². The van der Waals surface area contributed by atoms with Crippen LogP contribution in [0.1, 0.15) is 59.3 Å². The Balaban J connectivity index is 1.84. The van der Waals surface area contributed by atoms with E-state index in [0.29, 0.717) is 5.54 Å². The standard InChI is InChI=1S/C15H30N2/c1-4-15(5-2)12-17(13(3)11-16-15)10-9-14-7-6-8-14/h13-14,16H,4-12H2,1-3H3. The molecule has 17 heavy (non-hydrogen) atoms. The number of nitrogens with zero attached hydrogens (tertiary/aromatic N) is 1. The molecule has 2 fully saturated rings. The van der Waals surface area contributed by atoms with Crippen molar-refractivity contribution in [3.8, 4) is 0 Å². The summed E-state index contributed by atoms with van der Waals surface area (Å²) in [5.41, 5.74) is 0.395. The normalized spacial score (nSPS) is 30.2. The molecule has 0 aromatic heterocycles. The number of nitrogens with one attached hydrogen (secondary N) is 1. The summed E-state index contributed by atoms with van der Waals surface area (Å²) >= 11 is 0. The van der Waals surface area contributed by atoms with E-state index in [4.69, 9.17) is 0 Å². The molecule has 0 aromatic rings. The van der Waals surface area contributed by atoms with Crippen LogP contribution in [0, 0.1) is 5.92 Å². The Kier molecular flexibility index (Phi) is 4.48. The molecule has 2 aliphatic rings. The van der Waals surface area contributed by atoms with Crippen LogP contribution < -0.4 is 5.32 Å². The lowest BCUT2D eigenvalue weighted by atomic mass is 9.82. The first kappa shape index (κ1) is 13.4. The van der Waals surface area contributed by atoms with Crippen LogP contribution in [0.2, 0.25) is 0 Å². The van der Waals surface area contributed by atoms with E-state index in [-0.39, 0.29) is 0 Å². The molecule has 1 unspecified atom stereocenters. The van der Waals surface area contributed by atoms with Crippen LogP contribution in [0.15, 0.2) is 0 Å². The minimum absolute atomic E-state index is 0.395. The van der Waals surface area contributed by atoms with Gasteiger partial charge >= 0.3 is 0 Å². The van der Waals surface area contributed by atoms with Gasteiger partial charge in [-0.3, -0.25) is 4.90 Å². The molecule has 0 aromatic carbocycles. The zero-order valence-electron chi connectivity index (χ0n) is 12.0. The van der Waals surface area contributed by atoms with Gasteiger partial charge in [0.1, 0.15) is 0 Å². The molecule has 2 heteroatoms. The van der Waals surface area contributed by atoms with E-state index >= 15 is 0 Å². The molecule has 0 spiro atoms. The highest BCUT2D eigenvalue weighted by Gasteiger charge is 2.35. The van der Waals surface area contributed by atoms with Gasteiger partial charge in [0, 0.05) is 24.7 Å². The molecule has 0 amide bonds. The first-order valence-corrected chi connectivity index (χ1v) is 7.68. The lowest BCUT2D eigenvalue weighted by molar-refractivity contribution is 0.0711. The Bertz CT molecular complexity index is 231. The van der Waals surface area contributed by atoms with E-state index in [2.05, 4.69) is 31.0 Å². The Labute approximate surface area is 107 Å². The van der Waals surface area contributed by atoms with Crippen LogP contribution in [-0.4, -0.2) is 36.1 Å². The van der Waals surface area contributed by atoms with Crippen LogP contribution in [0.5, 0.6) is 0 Å². The molecule has 2 rings (SSSR count). The highest BCUT2D eigenvalue weighted by atomic mass is 15.2. The minimum atomic E-state index is 0.395. The first-order valence-electron chi connectivity index (χ1n) is 7.68. The zero-order chi connectivity index (χ0) is 12.3. The van der Waals surface area contributed by atoms with Crippen molar-refractivity contribution in [2.75, 3.05) is 19.6 Å². The molecule has 0 radical (unpaired) electrons. The van der Waals surface area contributed by atoms with Crippen molar-refractivity contribution in [1.82, 2.24) is 10.2 Å². The number of piperazine rings is 1. The van der Waals surface area contributed by atoms with Crippen molar-refractivity contribution < 1.29 is 0 Å². The molecule has 1 N–H and O–H groups in total. The predicted molar refractivity (Wildman–Crippen MR) is 74.3 cm³/mol. The molecule has 2 nitrogen and oxygen atoms in total. The van der Waals surface area contributed by atoms with Crippen LogP contribution in [0.4, 0.5) is 0 Å². The summed E-state index contributed by atoms with van der Waals surface area (Å²) < 4.78 is 0. The maximum atomic E-state index is 3.79. The van der Waals surface area contributed by atoms with E-state index in [0.717, 1.165) is 12.0 Å². The lowest BCUT2D eigenvalue weighted by Crippen LogP contribution is -2.63. The fourth-order valence-corrected chi connectivity index (χ4v) is 3.25. The summed E-state index contributed by atoms with van der Waals surface area (Å²) in [6, 6.07) is 0.723. The third-order valence-electron chi connectivity index (χ3n) is 5.30. The third-order valence-corrected chi connectivity index (χ3v) is 5.30. The Morgan fingerprint density at radius 2 is 1.94 bits per heavy atom. The Hall–Kier alpha value is -0.0800. The van der Waals surface area contributed by atoms with Gasteiger partial charge in [-0.15, -0.1) is 0 Å². The predicted octanol–water partition coefficient (Wildman–Crippen LogP) is 3.03. The van der Waals surface area contributed by atoms with Crippen LogP contribution >= 0.6 is 0 Å². The van der Waals surface area contributed by atoms with Crippen molar-refractivity contribution in [3.63, 3.8) is 0 Å². The second-order valence-electron chi connectivity index (χ2n) is 6.27. The van der Waals surface area contributed by atoms with E-state index in [1.54, 1.807) is 0 Å². The molecule has 100 valence electrons. The lowest BCUT2D eigenvalue weighted by Gasteiger charge is -2.47. The Morgan fingerprint density at radius 3 is 2.47 bits per heavy atom. The second-order valence-corrected chi connectivity index (χ2v) is 6.27. The zero-order valence-corrected chi connectivity index (χ0v) is 12.0. The summed E-state index contributed by atoms with van der Waals surface area (Å²) in [6.07, 6.45) is 8.43. The SMILES string of the molecule is CCC1(CC)CN(CCC2CCC2)C(C)CN1. The van der Waals surface area contributed by atoms with Gasteiger partial charge in [-0.1, -0.05) is 33.1 Å². The van der Waals surface area contributed by atoms with Crippen molar-refractivity contribution in [1.29, 1.82) is 0 Å². The van der Waals surface area contributed by atoms with Gasteiger partial charge in [-0.2, -0.15) is 0 Å². The van der Waals surface area contributed by atoms with Gasteiger partial charge in [0.15, 0.2) is 0 Å². The summed E-state index contributed by atoms with van der Waals surface area (Å²) in [7, 11) is 0. The minimum Gasteiger partial charge on any atom is -0.308 e. The van der Waals surface area contributed by atoms with Crippen LogP contribution in [0.25, 0.3) is 0 Å². The maximum Gasteiger partial charge on any atom is 0.0304 e. The quantitative estimate of drug-likeness (QED) is 0.792. The molecular formula is C15H30N2. The monoisotopic (exact) mass is 238 g/mol. The average Bonchev–Trinajstić information content (AvgIpc) is 2.30. The summed E-state index contributed by atoms with van der Waals surface area (Å²) in [5, 5.41) is 3.79. The van der Waals surface area contributed by atoms with Crippen molar-refractivity contribution >= 4 is 0 Å². The van der Waals surface area contributed by atoms with Crippen LogP contribution in [0.3, 0.4) is 0 Å². The number of hydrogen-bond acceptors (Lipinski definition) is 2. The fraction of sp³-hybridized carbons (Fsp3) is 1.00. The van der Waals surface area contributed by atoms with Gasteiger partial charge < -0.3 is 5.32 Å².